The molecular weight excluding hydrogens is 230 g/mol. The molecule has 0 bridgehead atoms. The molecule has 0 aliphatic heterocycles. The summed E-state index contributed by atoms with van der Waals surface area (Å²) in [7, 11) is 1.67. The minimum Gasteiger partial charge on any atom is -0.385 e. The van der Waals surface area contributed by atoms with E-state index in [1.807, 2.05) is 0 Å². The second kappa shape index (κ2) is 9.30. The highest BCUT2D eigenvalue weighted by molar-refractivity contribution is 5.78. The Labute approximate surface area is 110 Å². The van der Waals surface area contributed by atoms with Gasteiger partial charge < -0.3 is 15.8 Å². The zero-order chi connectivity index (χ0) is 13.2. The van der Waals surface area contributed by atoms with Crippen molar-refractivity contribution in [2.45, 2.75) is 38.1 Å². The summed E-state index contributed by atoms with van der Waals surface area (Å²) < 4.78 is 4.95. The van der Waals surface area contributed by atoms with E-state index in [4.69, 9.17) is 10.5 Å². The van der Waals surface area contributed by atoms with Gasteiger partial charge in [-0.15, -0.1) is 0 Å². The first-order valence-electron chi connectivity index (χ1n) is 6.97. The van der Waals surface area contributed by atoms with Gasteiger partial charge in [-0.2, -0.15) is 0 Å². The first-order chi connectivity index (χ1) is 8.77. The summed E-state index contributed by atoms with van der Waals surface area (Å²) in [4.78, 5) is 14.0. The first-order valence-corrected chi connectivity index (χ1v) is 6.97. The number of carbonyl (C=O) groups excluding carboxylic acids is 1. The summed E-state index contributed by atoms with van der Waals surface area (Å²) in [6.07, 6.45) is 5.83. The zero-order valence-electron chi connectivity index (χ0n) is 11.5. The molecule has 106 valence electrons. The van der Waals surface area contributed by atoms with E-state index in [2.05, 4.69) is 10.2 Å². The molecule has 0 saturated heterocycles. The third kappa shape index (κ3) is 5.80. The Morgan fingerprint density at radius 3 is 2.78 bits per heavy atom. The van der Waals surface area contributed by atoms with E-state index in [0.717, 1.165) is 13.0 Å². The van der Waals surface area contributed by atoms with Crippen LogP contribution in [0.25, 0.3) is 0 Å². The minimum atomic E-state index is 0.103. The Bertz CT molecular complexity index is 230. The molecule has 0 aromatic rings. The quantitative estimate of drug-likeness (QED) is 0.585. The van der Waals surface area contributed by atoms with E-state index in [0.29, 0.717) is 32.3 Å². The lowest BCUT2D eigenvalue weighted by Gasteiger charge is -2.27. The van der Waals surface area contributed by atoms with Crippen molar-refractivity contribution in [3.05, 3.63) is 0 Å². The van der Waals surface area contributed by atoms with Crippen molar-refractivity contribution in [2.24, 2.45) is 5.73 Å². The highest BCUT2D eigenvalue weighted by Crippen LogP contribution is 2.22. The lowest BCUT2D eigenvalue weighted by Crippen LogP contribution is -2.44. The lowest BCUT2D eigenvalue weighted by molar-refractivity contribution is -0.122. The smallest absolute Gasteiger partial charge is 0.234 e. The number of amides is 1. The second-order valence-corrected chi connectivity index (χ2v) is 4.89. The maximum atomic E-state index is 11.8. The number of methoxy groups -OCH3 is 1. The molecule has 18 heavy (non-hydrogen) atoms. The summed E-state index contributed by atoms with van der Waals surface area (Å²) in [6, 6.07) is 0.554. The molecule has 1 rings (SSSR count). The van der Waals surface area contributed by atoms with Crippen LogP contribution in [-0.4, -0.2) is 56.7 Å². The molecule has 3 N–H and O–H groups in total. The number of carbonyl (C=O) groups is 1. The van der Waals surface area contributed by atoms with Gasteiger partial charge in [0.1, 0.15) is 0 Å². The van der Waals surface area contributed by atoms with Crippen molar-refractivity contribution in [3.8, 4) is 0 Å². The standard InChI is InChI=1S/C13H27N3O2/c1-18-10-4-8-15-13(17)11-16(9-7-14)12-5-2-3-6-12/h12H,2-11,14H2,1H3,(H,15,17). The van der Waals surface area contributed by atoms with Crippen molar-refractivity contribution in [2.75, 3.05) is 39.9 Å². The molecule has 1 aliphatic carbocycles. The van der Waals surface area contributed by atoms with Gasteiger partial charge in [-0.1, -0.05) is 12.8 Å². The molecule has 1 aliphatic rings. The second-order valence-electron chi connectivity index (χ2n) is 4.89. The summed E-state index contributed by atoms with van der Waals surface area (Å²) in [5.74, 6) is 0.103. The number of nitrogens with two attached hydrogens (primary N) is 1. The van der Waals surface area contributed by atoms with E-state index in [9.17, 15) is 4.79 Å². The van der Waals surface area contributed by atoms with Crippen LogP contribution in [0, 0.1) is 0 Å². The Kier molecular flexibility index (Phi) is 7.96. The summed E-state index contributed by atoms with van der Waals surface area (Å²) in [6.45, 7) is 3.29. The van der Waals surface area contributed by atoms with Crippen LogP contribution < -0.4 is 11.1 Å². The summed E-state index contributed by atoms with van der Waals surface area (Å²) >= 11 is 0. The molecule has 5 heteroatoms. The predicted octanol–water partition coefficient (Wildman–Crippen LogP) is 0.342. The van der Waals surface area contributed by atoms with Gasteiger partial charge in [-0.25, -0.2) is 0 Å². The number of hydrogen-bond acceptors (Lipinski definition) is 4. The number of ether oxygens (including phenoxy) is 1. The number of nitrogens with one attached hydrogen (secondary N) is 1. The normalized spacial score (nSPS) is 16.4. The number of hydrogen-bond donors (Lipinski definition) is 2. The summed E-state index contributed by atoms with van der Waals surface area (Å²) in [5, 5.41) is 2.93. The Morgan fingerprint density at radius 1 is 1.44 bits per heavy atom. The third-order valence-corrected chi connectivity index (χ3v) is 3.45. The number of nitrogens with zero attached hydrogens (tertiary/aromatic N) is 1. The Balaban J connectivity index is 2.24. The molecule has 1 saturated carbocycles. The molecule has 0 heterocycles. The average molecular weight is 257 g/mol. The monoisotopic (exact) mass is 257 g/mol. The van der Waals surface area contributed by atoms with Gasteiger partial charge in [-0.05, 0) is 19.3 Å². The predicted molar refractivity (Wildman–Crippen MR) is 72.4 cm³/mol. The molecule has 0 aromatic heterocycles. The highest BCUT2D eigenvalue weighted by atomic mass is 16.5. The van der Waals surface area contributed by atoms with Gasteiger partial charge >= 0.3 is 0 Å². The molecule has 0 spiro atoms. The van der Waals surface area contributed by atoms with E-state index in [-0.39, 0.29) is 5.91 Å². The van der Waals surface area contributed by atoms with Crippen molar-refractivity contribution in [1.82, 2.24) is 10.2 Å². The van der Waals surface area contributed by atoms with E-state index >= 15 is 0 Å². The van der Waals surface area contributed by atoms with Crippen LogP contribution in [0.1, 0.15) is 32.1 Å². The van der Waals surface area contributed by atoms with Crippen LogP contribution in [0.3, 0.4) is 0 Å². The highest BCUT2D eigenvalue weighted by Gasteiger charge is 2.23. The van der Waals surface area contributed by atoms with Crippen LogP contribution in [0.15, 0.2) is 0 Å². The lowest BCUT2D eigenvalue weighted by atomic mass is 10.2. The molecule has 1 fully saturated rings. The van der Waals surface area contributed by atoms with E-state index in [1.165, 1.54) is 25.7 Å². The fraction of sp³-hybridized carbons (Fsp3) is 0.923. The summed E-state index contributed by atoms with van der Waals surface area (Å²) in [5.41, 5.74) is 5.62. The Morgan fingerprint density at radius 2 is 2.17 bits per heavy atom. The molecule has 0 atom stereocenters. The van der Waals surface area contributed by atoms with E-state index in [1.54, 1.807) is 7.11 Å². The van der Waals surface area contributed by atoms with Gasteiger partial charge in [0.15, 0.2) is 0 Å². The van der Waals surface area contributed by atoms with Gasteiger partial charge in [0.05, 0.1) is 6.54 Å². The van der Waals surface area contributed by atoms with Gasteiger partial charge in [0.2, 0.25) is 5.91 Å². The molecular formula is C13H27N3O2. The maximum absolute atomic E-state index is 11.8. The Hall–Kier alpha value is -0.650. The maximum Gasteiger partial charge on any atom is 0.234 e. The molecule has 5 nitrogen and oxygen atoms in total. The van der Waals surface area contributed by atoms with Crippen LogP contribution in [0.2, 0.25) is 0 Å². The van der Waals surface area contributed by atoms with Crippen molar-refractivity contribution in [1.29, 1.82) is 0 Å². The van der Waals surface area contributed by atoms with Crippen molar-refractivity contribution < 1.29 is 9.53 Å². The zero-order valence-corrected chi connectivity index (χ0v) is 11.5. The molecule has 0 aromatic carbocycles. The van der Waals surface area contributed by atoms with Crippen molar-refractivity contribution >= 4 is 5.91 Å². The minimum absolute atomic E-state index is 0.103. The third-order valence-electron chi connectivity index (χ3n) is 3.45. The van der Waals surface area contributed by atoms with Gasteiger partial charge in [-0.3, -0.25) is 9.69 Å². The topological polar surface area (TPSA) is 67.6 Å². The fourth-order valence-corrected chi connectivity index (χ4v) is 2.51. The van der Waals surface area contributed by atoms with Crippen LogP contribution >= 0.6 is 0 Å². The molecule has 1 amide bonds. The molecule has 0 unspecified atom stereocenters. The number of rotatable bonds is 9. The first kappa shape index (κ1) is 15.4. The largest absolute Gasteiger partial charge is 0.385 e. The van der Waals surface area contributed by atoms with Crippen LogP contribution in [0.5, 0.6) is 0 Å². The fourth-order valence-electron chi connectivity index (χ4n) is 2.51. The van der Waals surface area contributed by atoms with Crippen molar-refractivity contribution in [3.63, 3.8) is 0 Å². The van der Waals surface area contributed by atoms with E-state index < -0.39 is 0 Å². The van der Waals surface area contributed by atoms with Crippen LogP contribution in [-0.2, 0) is 9.53 Å². The molecule has 0 radical (unpaired) electrons. The van der Waals surface area contributed by atoms with Gasteiger partial charge in [0, 0.05) is 39.4 Å². The van der Waals surface area contributed by atoms with Crippen LogP contribution in [0.4, 0.5) is 0 Å². The average Bonchev–Trinajstić information content (AvgIpc) is 2.88. The SMILES string of the molecule is COCCCNC(=O)CN(CCN)C1CCCC1. The van der Waals surface area contributed by atoms with Gasteiger partial charge in [0.25, 0.3) is 0 Å².